The van der Waals surface area contributed by atoms with Crippen LogP contribution in [0, 0.1) is 0 Å². The van der Waals surface area contributed by atoms with E-state index in [4.69, 9.17) is 5.11 Å². The number of rotatable bonds is 4. The molecule has 0 aliphatic rings. The Hall–Kier alpha value is -1.43. The summed E-state index contributed by atoms with van der Waals surface area (Å²) in [5.74, 6) is -2.13. The molecular weight excluding hydrogens is 230 g/mol. The number of hydrogen-bond acceptors (Lipinski definition) is 4. The van der Waals surface area contributed by atoms with Crippen molar-refractivity contribution in [3.05, 3.63) is 24.0 Å². The number of carboxylic acids is 1. The average Bonchev–Trinajstić information content (AvgIpc) is 2.16. The molecule has 1 rings (SSSR count). The lowest BCUT2D eigenvalue weighted by Crippen LogP contribution is -2.15. The van der Waals surface area contributed by atoms with Crippen LogP contribution in [0.1, 0.15) is 25.3 Å². The molecule has 6 heteroatoms. The van der Waals surface area contributed by atoms with Gasteiger partial charge in [0.2, 0.25) is 0 Å². The van der Waals surface area contributed by atoms with Gasteiger partial charge >= 0.3 is 5.97 Å². The SMILES string of the molecule is CC(C)c1cncc(S(=O)(=O)CC(=O)O)c1. The largest absolute Gasteiger partial charge is 0.480 e. The van der Waals surface area contributed by atoms with Gasteiger partial charge in [-0.2, -0.15) is 0 Å². The fraction of sp³-hybridized carbons (Fsp3) is 0.400. The number of sulfone groups is 1. The second-order valence-electron chi connectivity index (χ2n) is 3.76. The van der Waals surface area contributed by atoms with Gasteiger partial charge in [0.1, 0.15) is 0 Å². The van der Waals surface area contributed by atoms with Gasteiger partial charge in [-0.25, -0.2) is 8.42 Å². The summed E-state index contributed by atoms with van der Waals surface area (Å²) in [5.41, 5.74) is 0.770. The van der Waals surface area contributed by atoms with Crippen molar-refractivity contribution in [1.29, 1.82) is 0 Å². The quantitative estimate of drug-likeness (QED) is 0.854. The van der Waals surface area contributed by atoms with E-state index in [0.717, 1.165) is 5.56 Å². The van der Waals surface area contributed by atoms with E-state index in [1.54, 1.807) is 6.20 Å². The summed E-state index contributed by atoms with van der Waals surface area (Å²) >= 11 is 0. The third-order valence-electron chi connectivity index (χ3n) is 2.07. The van der Waals surface area contributed by atoms with E-state index in [1.807, 2.05) is 13.8 Å². The van der Waals surface area contributed by atoms with Crippen molar-refractivity contribution in [2.45, 2.75) is 24.7 Å². The molecule has 0 aliphatic heterocycles. The Bertz CT molecular complexity index is 493. The molecule has 1 heterocycles. The van der Waals surface area contributed by atoms with Crippen LogP contribution in [0.4, 0.5) is 0 Å². The first-order valence-corrected chi connectivity index (χ1v) is 6.37. The van der Waals surface area contributed by atoms with Crippen molar-refractivity contribution in [2.75, 3.05) is 5.75 Å². The van der Waals surface area contributed by atoms with Gasteiger partial charge in [-0.3, -0.25) is 9.78 Å². The fourth-order valence-corrected chi connectivity index (χ4v) is 2.20. The molecule has 1 aromatic rings. The molecule has 0 radical (unpaired) electrons. The molecule has 5 nitrogen and oxygen atoms in total. The summed E-state index contributed by atoms with van der Waals surface area (Å²) in [6, 6.07) is 1.47. The predicted octanol–water partition coefficient (Wildman–Crippen LogP) is 1.06. The lowest BCUT2D eigenvalue weighted by Gasteiger charge is -2.06. The summed E-state index contributed by atoms with van der Waals surface area (Å²) in [7, 11) is -3.78. The van der Waals surface area contributed by atoms with Crippen LogP contribution in [-0.4, -0.2) is 30.2 Å². The standard InChI is InChI=1S/C10H13NO4S/c1-7(2)8-3-9(5-11-4-8)16(14,15)6-10(12)13/h3-5,7H,6H2,1-2H3,(H,12,13). The molecule has 0 bridgehead atoms. The number of pyridine rings is 1. The van der Waals surface area contributed by atoms with Crippen LogP contribution in [0.15, 0.2) is 23.4 Å². The van der Waals surface area contributed by atoms with E-state index in [0.29, 0.717) is 0 Å². The maximum absolute atomic E-state index is 11.6. The van der Waals surface area contributed by atoms with Crippen molar-refractivity contribution >= 4 is 15.8 Å². The molecule has 0 amide bonds. The molecular formula is C10H13NO4S. The molecule has 0 spiro atoms. The molecule has 0 aromatic carbocycles. The van der Waals surface area contributed by atoms with Crippen LogP contribution >= 0.6 is 0 Å². The van der Waals surface area contributed by atoms with Crippen LogP contribution in [0.2, 0.25) is 0 Å². The monoisotopic (exact) mass is 243 g/mol. The van der Waals surface area contributed by atoms with Gasteiger partial charge in [0.05, 0.1) is 4.90 Å². The van der Waals surface area contributed by atoms with E-state index in [9.17, 15) is 13.2 Å². The van der Waals surface area contributed by atoms with Gasteiger partial charge in [0.25, 0.3) is 0 Å². The molecule has 0 saturated heterocycles. The van der Waals surface area contributed by atoms with Crippen molar-refractivity contribution in [3.8, 4) is 0 Å². The van der Waals surface area contributed by atoms with E-state index in [1.165, 1.54) is 12.3 Å². The maximum atomic E-state index is 11.6. The van der Waals surface area contributed by atoms with E-state index >= 15 is 0 Å². The highest BCUT2D eigenvalue weighted by atomic mass is 32.2. The lowest BCUT2D eigenvalue weighted by molar-refractivity contribution is -0.134. The van der Waals surface area contributed by atoms with Gasteiger partial charge in [-0.15, -0.1) is 0 Å². The third-order valence-corrected chi connectivity index (χ3v) is 3.64. The van der Waals surface area contributed by atoms with Crippen LogP contribution in [-0.2, 0) is 14.6 Å². The number of carboxylic acid groups (broad SMARTS) is 1. The first-order chi connectivity index (χ1) is 7.33. The zero-order chi connectivity index (χ0) is 12.3. The Kier molecular flexibility index (Phi) is 3.64. The fourth-order valence-electron chi connectivity index (χ4n) is 1.17. The minimum atomic E-state index is -3.78. The lowest BCUT2D eigenvalue weighted by atomic mass is 10.1. The molecule has 0 aliphatic carbocycles. The number of aliphatic carboxylic acids is 1. The van der Waals surface area contributed by atoms with Crippen molar-refractivity contribution < 1.29 is 18.3 Å². The predicted molar refractivity (Wildman–Crippen MR) is 58.0 cm³/mol. The van der Waals surface area contributed by atoms with E-state index < -0.39 is 21.6 Å². The Labute approximate surface area is 94.1 Å². The highest BCUT2D eigenvalue weighted by molar-refractivity contribution is 7.92. The minimum Gasteiger partial charge on any atom is -0.480 e. The van der Waals surface area contributed by atoms with Crippen LogP contribution in [0.5, 0.6) is 0 Å². The Morgan fingerprint density at radius 2 is 2.06 bits per heavy atom. The molecule has 1 aromatic heterocycles. The van der Waals surface area contributed by atoms with E-state index in [2.05, 4.69) is 4.98 Å². The molecule has 88 valence electrons. The summed E-state index contributed by atoms with van der Waals surface area (Å²) < 4.78 is 23.2. The summed E-state index contributed by atoms with van der Waals surface area (Å²) in [5, 5.41) is 8.49. The van der Waals surface area contributed by atoms with Gasteiger partial charge in [0.15, 0.2) is 15.6 Å². The van der Waals surface area contributed by atoms with Gasteiger partial charge < -0.3 is 5.11 Å². The maximum Gasteiger partial charge on any atom is 0.319 e. The van der Waals surface area contributed by atoms with Crippen molar-refractivity contribution in [3.63, 3.8) is 0 Å². The van der Waals surface area contributed by atoms with Gasteiger partial charge in [-0.05, 0) is 17.5 Å². The summed E-state index contributed by atoms with van der Waals surface area (Å²) in [6.07, 6.45) is 2.74. The van der Waals surface area contributed by atoms with Gasteiger partial charge in [0, 0.05) is 12.4 Å². The minimum absolute atomic E-state index is 0.0406. The molecule has 0 fully saturated rings. The first-order valence-electron chi connectivity index (χ1n) is 4.72. The Morgan fingerprint density at radius 1 is 1.44 bits per heavy atom. The zero-order valence-corrected chi connectivity index (χ0v) is 9.86. The second kappa shape index (κ2) is 4.61. The average molecular weight is 243 g/mol. The van der Waals surface area contributed by atoms with Crippen molar-refractivity contribution in [1.82, 2.24) is 4.98 Å². The molecule has 0 unspecified atom stereocenters. The first kappa shape index (κ1) is 12.6. The number of nitrogens with zero attached hydrogens (tertiary/aromatic N) is 1. The number of aromatic nitrogens is 1. The van der Waals surface area contributed by atoms with Gasteiger partial charge in [-0.1, -0.05) is 13.8 Å². The molecule has 0 atom stereocenters. The third kappa shape index (κ3) is 3.03. The normalized spacial score (nSPS) is 11.7. The highest BCUT2D eigenvalue weighted by Crippen LogP contribution is 2.17. The topological polar surface area (TPSA) is 84.3 Å². The van der Waals surface area contributed by atoms with Crippen LogP contribution in [0.3, 0.4) is 0 Å². The Morgan fingerprint density at radius 3 is 2.56 bits per heavy atom. The molecule has 16 heavy (non-hydrogen) atoms. The van der Waals surface area contributed by atoms with E-state index in [-0.39, 0.29) is 10.8 Å². The van der Waals surface area contributed by atoms with Crippen molar-refractivity contribution in [2.24, 2.45) is 0 Å². The molecule has 1 N–H and O–H groups in total. The number of carbonyl (C=O) groups is 1. The highest BCUT2D eigenvalue weighted by Gasteiger charge is 2.19. The Balaban J connectivity index is 3.14. The van der Waals surface area contributed by atoms with Crippen LogP contribution in [0.25, 0.3) is 0 Å². The smallest absolute Gasteiger partial charge is 0.319 e. The second-order valence-corrected chi connectivity index (χ2v) is 5.75. The molecule has 0 saturated carbocycles. The zero-order valence-electron chi connectivity index (χ0n) is 9.04. The summed E-state index contributed by atoms with van der Waals surface area (Å²) in [6.45, 7) is 3.81. The summed E-state index contributed by atoms with van der Waals surface area (Å²) in [4.78, 5) is 14.2. The number of hydrogen-bond donors (Lipinski definition) is 1. The van der Waals surface area contributed by atoms with Crippen LogP contribution < -0.4 is 0 Å².